The Morgan fingerprint density at radius 1 is 1.43 bits per heavy atom. The number of aryl methyl sites for hydroxylation is 1. The lowest BCUT2D eigenvalue weighted by Gasteiger charge is -2.16. The van der Waals surface area contributed by atoms with Crippen LogP contribution < -0.4 is 5.73 Å². The van der Waals surface area contributed by atoms with Crippen molar-refractivity contribution >= 4 is 43.9 Å². The second kappa shape index (κ2) is 5.42. The highest BCUT2D eigenvalue weighted by molar-refractivity contribution is 7.22. The summed E-state index contributed by atoms with van der Waals surface area (Å²) in [6, 6.07) is 5.47. The zero-order chi connectivity index (χ0) is 15.0. The van der Waals surface area contributed by atoms with E-state index in [1.165, 1.54) is 11.3 Å². The smallest absolute Gasteiger partial charge is 0.253 e. The first-order valence-electron chi connectivity index (χ1n) is 6.35. The van der Waals surface area contributed by atoms with E-state index >= 15 is 0 Å². The van der Waals surface area contributed by atoms with Crippen molar-refractivity contribution in [3.8, 4) is 0 Å². The fourth-order valence-electron chi connectivity index (χ4n) is 2.06. The van der Waals surface area contributed by atoms with Crippen LogP contribution in [0.4, 0.5) is 5.13 Å². The van der Waals surface area contributed by atoms with Crippen molar-refractivity contribution in [3.63, 3.8) is 0 Å². The number of thiazole rings is 2. The van der Waals surface area contributed by atoms with Crippen LogP contribution in [0, 0.1) is 6.92 Å². The summed E-state index contributed by atoms with van der Waals surface area (Å²) in [6.07, 6.45) is 0. The average Bonchev–Trinajstić information content (AvgIpc) is 3.02. The van der Waals surface area contributed by atoms with Gasteiger partial charge in [0, 0.05) is 17.5 Å². The highest BCUT2D eigenvalue weighted by atomic mass is 32.1. The Hall–Kier alpha value is -1.99. The predicted octanol–water partition coefficient (Wildman–Crippen LogP) is 2.92. The normalized spacial score (nSPS) is 11.0. The summed E-state index contributed by atoms with van der Waals surface area (Å²) in [7, 11) is 1.80. The average molecular weight is 318 g/mol. The van der Waals surface area contributed by atoms with Crippen LogP contribution in [-0.2, 0) is 6.54 Å². The second-order valence-corrected chi connectivity index (χ2v) is 6.76. The van der Waals surface area contributed by atoms with Gasteiger partial charge in [-0.3, -0.25) is 4.79 Å². The fraction of sp³-hybridized carbons (Fsp3) is 0.214. The number of carbonyl (C=O) groups excluding carboxylic acids is 1. The summed E-state index contributed by atoms with van der Waals surface area (Å²) in [5.41, 5.74) is 9.95. The van der Waals surface area contributed by atoms with Crippen LogP contribution in [0.5, 0.6) is 0 Å². The van der Waals surface area contributed by atoms with Gasteiger partial charge in [0.25, 0.3) is 5.91 Å². The maximum Gasteiger partial charge on any atom is 0.253 e. The molecule has 2 heterocycles. The topological polar surface area (TPSA) is 72.1 Å². The molecule has 5 nitrogen and oxygen atoms in total. The minimum atomic E-state index is -0.0170. The molecule has 1 aromatic carbocycles. The SMILES string of the molecule is Cc1ncsc1CN(C)C(=O)c1ccc2nc(N)sc2c1. The standard InChI is InChI=1S/C14H14N4OS2/c1-8-12(20-7-16-8)6-18(2)13(19)9-3-4-10-11(5-9)21-14(15)17-10/h3-5,7H,6H2,1-2H3,(H2,15,17). The van der Waals surface area contributed by atoms with E-state index in [2.05, 4.69) is 9.97 Å². The number of aromatic nitrogens is 2. The van der Waals surface area contributed by atoms with Gasteiger partial charge in [-0.25, -0.2) is 9.97 Å². The lowest BCUT2D eigenvalue weighted by atomic mass is 10.2. The molecule has 0 bridgehead atoms. The van der Waals surface area contributed by atoms with Crippen molar-refractivity contribution in [1.82, 2.24) is 14.9 Å². The van der Waals surface area contributed by atoms with Gasteiger partial charge >= 0.3 is 0 Å². The molecule has 0 aliphatic carbocycles. The third-order valence-electron chi connectivity index (χ3n) is 3.22. The second-order valence-electron chi connectivity index (χ2n) is 4.76. The van der Waals surface area contributed by atoms with Crippen molar-refractivity contribution in [2.24, 2.45) is 0 Å². The van der Waals surface area contributed by atoms with Crippen LogP contribution in [0.2, 0.25) is 0 Å². The van der Waals surface area contributed by atoms with E-state index in [1.807, 2.05) is 19.1 Å². The molecule has 0 atom stereocenters. The van der Waals surface area contributed by atoms with Crippen molar-refractivity contribution in [1.29, 1.82) is 0 Å². The quantitative estimate of drug-likeness (QED) is 0.806. The van der Waals surface area contributed by atoms with Crippen LogP contribution in [0.3, 0.4) is 0 Å². The number of nitrogens with two attached hydrogens (primary N) is 1. The maximum absolute atomic E-state index is 12.5. The van der Waals surface area contributed by atoms with Gasteiger partial charge in [-0.15, -0.1) is 11.3 Å². The van der Waals surface area contributed by atoms with Gasteiger partial charge in [0.05, 0.1) is 28.0 Å². The minimum absolute atomic E-state index is 0.0170. The van der Waals surface area contributed by atoms with Crippen molar-refractivity contribution < 1.29 is 4.79 Å². The highest BCUT2D eigenvalue weighted by Gasteiger charge is 2.15. The number of rotatable bonds is 3. The monoisotopic (exact) mass is 318 g/mol. The highest BCUT2D eigenvalue weighted by Crippen LogP contribution is 2.25. The molecule has 108 valence electrons. The molecular weight excluding hydrogens is 304 g/mol. The Balaban J connectivity index is 1.83. The number of fused-ring (bicyclic) bond motifs is 1. The van der Waals surface area contributed by atoms with E-state index in [4.69, 9.17) is 5.73 Å². The van der Waals surface area contributed by atoms with Crippen LogP contribution in [0.1, 0.15) is 20.9 Å². The van der Waals surface area contributed by atoms with Crippen LogP contribution in [-0.4, -0.2) is 27.8 Å². The third kappa shape index (κ3) is 2.74. The number of hydrogen-bond donors (Lipinski definition) is 1. The summed E-state index contributed by atoms with van der Waals surface area (Å²) in [5, 5.41) is 0.517. The number of anilines is 1. The molecule has 1 amide bonds. The van der Waals surface area contributed by atoms with Crippen molar-refractivity contribution in [2.45, 2.75) is 13.5 Å². The van der Waals surface area contributed by atoms with E-state index in [0.717, 1.165) is 20.8 Å². The lowest BCUT2D eigenvalue weighted by molar-refractivity contribution is 0.0786. The maximum atomic E-state index is 12.5. The molecule has 0 unspecified atom stereocenters. The molecule has 21 heavy (non-hydrogen) atoms. The molecule has 0 spiro atoms. The summed E-state index contributed by atoms with van der Waals surface area (Å²) in [4.78, 5) is 23.7. The van der Waals surface area contributed by atoms with Gasteiger partial charge in [-0.05, 0) is 25.1 Å². The Kier molecular flexibility index (Phi) is 3.60. The van der Waals surface area contributed by atoms with E-state index in [1.54, 1.807) is 34.9 Å². The number of nitrogens with zero attached hydrogens (tertiary/aromatic N) is 3. The Morgan fingerprint density at radius 2 is 2.24 bits per heavy atom. The number of carbonyl (C=O) groups is 1. The first kappa shape index (κ1) is 14.0. The summed E-state index contributed by atoms with van der Waals surface area (Å²) < 4.78 is 0.931. The zero-order valence-corrected chi connectivity index (χ0v) is 13.3. The number of amides is 1. The summed E-state index contributed by atoms with van der Waals surface area (Å²) in [6.45, 7) is 2.52. The van der Waals surface area contributed by atoms with Gasteiger partial charge in [0.1, 0.15) is 0 Å². The van der Waals surface area contributed by atoms with Crippen LogP contribution in [0.25, 0.3) is 10.2 Å². The van der Waals surface area contributed by atoms with Crippen LogP contribution in [0.15, 0.2) is 23.7 Å². The summed E-state index contributed by atoms with van der Waals surface area (Å²) in [5.74, 6) is -0.0170. The molecule has 3 aromatic rings. The Bertz CT molecular complexity index is 808. The number of nitrogen functional groups attached to an aromatic ring is 1. The zero-order valence-electron chi connectivity index (χ0n) is 11.7. The predicted molar refractivity (Wildman–Crippen MR) is 86.7 cm³/mol. The largest absolute Gasteiger partial charge is 0.375 e. The van der Waals surface area contributed by atoms with Gasteiger partial charge in [0.15, 0.2) is 5.13 Å². The van der Waals surface area contributed by atoms with E-state index in [-0.39, 0.29) is 5.91 Å². The van der Waals surface area contributed by atoms with E-state index < -0.39 is 0 Å². The third-order valence-corrected chi connectivity index (χ3v) is 4.99. The van der Waals surface area contributed by atoms with Crippen LogP contribution >= 0.6 is 22.7 Å². The Labute approximate surface area is 130 Å². The van der Waals surface area contributed by atoms with Gasteiger partial charge in [-0.2, -0.15) is 0 Å². The molecular formula is C14H14N4OS2. The van der Waals surface area contributed by atoms with Gasteiger partial charge in [0.2, 0.25) is 0 Å². The molecule has 0 aliphatic rings. The molecule has 3 rings (SSSR count). The summed E-state index contributed by atoms with van der Waals surface area (Å²) >= 11 is 2.96. The molecule has 0 fully saturated rings. The number of benzene rings is 1. The Morgan fingerprint density at radius 3 is 2.95 bits per heavy atom. The fourth-order valence-corrected chi connectivity index (χ4v) is 3.66. The van der Waals surface area contributed by atoms with E-state index in [9.17, 15) is 4.79 Å². The van der Waals surface area contributed by atoms with Gasteiger partial charge < -0.3 is 10.6 Å². The molecule has 0 saturated carbocycles. The van der Waals surface area contributed by atoms with Crippen molar-refractivity contribution in [2.75, 3.05) is 12.8 Å². The van der Waals surface area contributed by atoms with E-state index in [0.29, 0.717) is 17.2 Å². The lowest BCUT2D eigenvalue weighted by Crippen LogP contribution is -2.26. The first-order chi connectivity index (χ1) is 10.0. The first-order valence-corrected chi connectivity index (χ1v) is 8.04. The van der Waals surface area contributed by atoms with Crippen molar-refractivity contribution in [3.05, 3.63) is 39.8 Å². The molecule has 7 heteroatoms. The number of hydrogen-bond acceptors (Lipinski definition) is 6. The minimum Gasteiger partial charge on any atom is -0.375 e. The molecule has 0 aliphatic heterocycles. The molecule has 2 aromatic heterocycles. The molecule has 0 radical (unpaired) electrons. The van der Waals surface area contributed by atoms with Gasteiger partial charge in [-0.1, -0.05) is 11.3 Å². The molecule has 2 N–H and O–H groups in total. The molecule has 0 saturated heterocycles.